The SMILES string of the molecule is NC(=O)OC1CC2(C1)CN(C1CCN(c3ccc(NC4CCC(=O)NC4=O)cc3F)CC1)C2. The van der Waals surface area contributed by atoms with Crippen LogP contribution in [0, 0.1) is 11.2 Å². The minimum absolute atomic E-state index is 0.0260. The summed E-state index contributed by atoms with van der Waals surface area (Å²) in [5, 5.41) is 5.33. The van der Waals surface area contributed by atoms with E-state index in [1.807, 2.05) is 0 Å². The highest BCUT2D eigenvalue weighted by Gasteiger charge is 2.55. The molecule has 3 amide bonds. The lowest BCUT2D eigenvalue weighted by Gasteiger charge is -2.61. The fourth-order valence-corrected chi connectivity index (χ4v) is 5.84. The molecule has 10 heteroatoms. The van der Waals surface area contributed by atoms with E-state index >= 15 is 0 Å². The Hall–Kier alpha value is -2.88. The highest BCUT2D eigenvalue weighted by atomic mass is 19.1. The molecule has 33 heavy (non-hydrogen) atoms. The van der Waals surface area contributed by atoms with Crippen LogP contribution < -0.4 is 21.3 Å². The second kappa shape index (κ2) is 8.48. The molecule has 0 radical (unpaired) electrons. The molecule has 4 N–H and O–H groups in total. The Labute approximate surface area is 191 Å². The maximum atomic E-state index is 14.9. The van der Waals surface area contributed by atoms with Gasteiger partial charge in [-0.15, -0.1) is 0 Å². The Kier molecular flexibility index (Phi) is 5.64. The van der Waals surface area contributed by atoms with Gasteiger partial charge in [-0.05, 0) is 50.3 Å². The number of carbonyl (C=O) groups is 3. The monoisotopic (exact) mass is 459 g/mol. The van der Waals surface area contributed by atoms with Crippen molar-refractivity contribution in [3.63, 3.8) is 0 Å². The van der Waals surface area contributed by atoms with Crippen LogP contribution in [-0.2, 0) is 14.3 Å². The Morgan fingerprint density at radius 3 is 2.55 bits per heavy atom. The lowest BCUT2D eigenvalue weighted by Crippen LogP contribution is -2.67. The van der Waals surface area contributed by atoms with Crippen LogP contribution in [0.15, 0.2) is 18.2 Å². The number of benzene rings is 1. The normalized spacial score (nSPS) is 25.8. The van der Waals surface area contributed by atoms with E-state index in [1.54, 1.807) is 12.1 Å². The number of hydrogen-bond donors (Lipinski definition) is 3. The molecular weight excluding hydrogens is 429 g/mol. The van der Waals surface area contributed by atoms with Gasteiger partial charge in [0.05, 0.1) is 5.69 Å². The Morgan fingerprint density at radius 1 is 1.18 bits per heavy atom. The summed E-state index contributed by atoms with van der Waals surface area (Å²) in [6, 6.07) is 4.94. The third kappa shape index (κ3) is 4.48. The topological polar surface area (TPSA) is 117 Å². The summed E-state index contributed by atoms with van der Waals surface area (Å²) in [5.41, 5.74) is 6.49. The second-order valence-electron chi connectivity index (χ2n) is 9.90. The van der Waals surface area contributed by atoms with Gasteiger partial charge in [0.1, 0.15) is 18.0 Å². The van der Waals surface area contributed by atoms with Gasteiger partial charge in [0.25, 0.3) is 0 Å². The highest BCUT2D eigenvalue weighted by molar-refractivity contribution is 6.01. The number of piperidine rings is 2. The summed E-state index contributed by atoms with van der Waals surface area (Å²) in [5.74, 6) is -0.961. The summed E-state index contributed by atoms with van der Waals surface area (Å²) in [6.07, 6.45) is 3.72. The molecule has 5 rings (SSSR count). The number of anilines is 2. The molecule has 9 nitrogen and oxygen atoms in total. The third-order valence-corrected chi connectivity index (χ3v) is 7.53. The molecule has 1 atom stereocenters. The van der Waals surface area contributed by atoms with Gasteiger partial charge in [-0.2, -0.15) is 0 Å². The van der Waals surface area contributed by atoms with Gasteiger partial charge in [-0.3, -0.25) is 19.8 Å². The van der Waals surface area contributed by atoms with Crippen LogP contribution in [0.5, 0.6) is 0 Å². The van der Waals surface area contributed by atoms with Crippen LogP contribution >= 0.6 is 0 Å². The van der Waals surface area contributed by atoms with E-state index in [0.717, 1.165) is 51.9 Å². The number of halogens is 1. The molecule has 3 aliphatic heterocycles. The second-order valence-corrected chi connectivity index (χ2v) is 9.90. The largest absolute Gasteiger partial charge is 0.446 e. The average Bonchev–Trinajstić information content (AvgIpc) is 2.71. The molecule has 1 saturated carbocycles. The van der Waals surface area contributed by atoms with Crippen molar-refractivity contribution in [2.24, 2.45) is 11.1 Å². The molecule has 1 aromatic carbocycles. The van der Waals surface area contributed by atoms with Gasteiger partial charge in [0.15, 0.2) is 0 Å². The average molecular weight is 460 g/mol. The number of hydrogen-bond acceptors (Lipinski definition) is 7. The van der Waals surface area contributed by atoms with Crippen molar-refractivity contribution in [3.8, 4) is 0 Å². The molecule has 3 saturated heterocycles. The first kappa shape index (κ1) is 21.9. The van der Waals surface area contributed by atoms with Crippen molar-refractivity contribution in [1.29, 1.82) is 0 Å². The lowest BCUT2D eigenvalue weighted by molar-refractivity contribution is -0.143. The summed E-state index contributed by atoms with van der Waals surface area (Å²) in [6.45, 7) is 3.65. The molecule has 1 aliphatic carbocycles. The molecule has 0 aromatic heterocycles. The minimum atomic E-state index is -0.689. The van der Waals surface area contributed by atoms with Crippen molar-refractivity contribution in [2.45, 2.75) is 56.7 Å². The van der Waals surface area contributed by atoms with Gasteiger partial charge >= 0.3 is 6.09 Å². The van der Waals surface area contributed by atoms with Crippen LogP contribution in [0.4, 0.5) is 20.6 Å². The lowest BCUT2D eigenvalue weighted by atomic mass is 9.61. The zero-order valence-electron chi connectivity index (χ0n) is 18.5. The van der Waals surface area contributed by atoms with Crippen molar-refractivity contribution >= 4 is 29.3 Å². The number of nitrogens with one attached hydrogen (secondary N) is 2. The van der Waals surface area contributed by atoms with Crippen LogP contribution in [0.2, 0.25) is 0 Å². The molecule has 1 aromatic rings. The maximum Gasteiger partial charge on any atom is 0.404 e. The number of rotatable bonds is 5. The number of primary amides is 1. The first-order valence-corrected chi connectivity index (χ1v) is 11.7. The number of imide groups is 1. The zero-order valence-corrected chi connectivity index (χ0v) is 18.5. The number of nitrogens with zero attached hydrogens (tertiary/aromatic N) is 2. The summed E-state index contributed by atoms with van der Waals surface area (Å²) < 4.78 is 19.9. The highest BCUT2D eigenvalue weighted by Crippen LogP contribution is 2.50. The molecule has 4 aliphatic rings. The van der Waals surface area contributed by atoms with Crippen molar-refractivity contribution < 1.29 is 23.5 Å². The number of nitrogens with two attached hydrogens (primary N) is 1. The van der Waals surface area contributed by atoms with E-state index in [-0.39, 0.29) is 35.6 Å². The fourth-order valence-electron chi connectivity index (χ4n) is 5.84. The number of ether oxygens (including phenoxy) is 1. The predicted octanol–water partition coefficient (Wildman–Crippen LogP) is 1.57. The van der Waals surface area contributed by atoms with E-state index in [0.29, 0.717) is 23.8 Å². The van der Waals surface area contributed by atoms with E-state index < -0.39 is 12.1 Å². The predicted molar refractivity (Wildman–Crippen MR) is 119 cm³/mol. The Balaban J connectivity index is 1.10. The zero-order chi connectivity index (χ0) is 23.2. The molecule has 1 spiro atoms. The summed E-state index contributed by atoms with van der Waals surface area (Å²) in [7, 11) is 0. The van der Waals surface area contributed by atoms with Crippen LogP contribution in [0.1, 0.15) is 38.5 Å². The molecule has 4 fully saturated rings. The molecule has 3 heterocycles. The smallest absolute Gasteiger partial charge is 0.404 e. The molecule has 0 bridgehead atoms. The first-order valence-electron chi connectivity index (χ1n) is 11.7. The molecule has 178 valence electrons. The quantitative estimate of drug-likeness (QED) is 0.572. The number of amides is 3. The minimum Gasteiger partial charge on any atom is -0.446 e. The molecular formula is C23H30FN5O4. The molecule has 1 unspecified atom stereocenters. The fraction of sp³-hybridized carbons (Fsp3) is 0.609. The van der Waals surface area contributed by atoms with Crippen molar-refractivity contribution in [3.05, 3.63) is 24.0 Å². The third-order valence-electron chi connectivity index (χ3n) is 7.53. The summed E-state index contributed by atoms with van der Waals surface area (Å²) in [4.78, 5) is 38.6. The van der Waals surface area contributed by atoms with E-state index in [4.69, 9.17) is 10.5 Å². The van der Waals surface area contributed by atoms with Crippen LogP contribution in [0.25, 0.3) is 0 Å². The van der Waals surface area contributed by atoms with Gasteiger partial charge < -0.3 is 20.7 Å². The van der Waals surface area contributed by atoms with Gasteiger partial charge in [-0.25, -0.2) is 9.18 Å². The van der Waals surface area contributed by atoms with E-state index in [1.165, 1.54) is 6.07 Å². The maximum absolute atomic E-state index is 14.9. The standard InChI is InChI=1S/C23H30FN5O4/c24-17-9-14(26-18-2-4-20(30)27-21(18)31)1-3-19(17)28-7-5-15(6-8-28)29-12-23(13-29)10-16(11-23)33-22(25)32/h1,3,9,15-16,18,26H,2,4-8,10-13H2,(H2,25,32)(H,27,30,31). The van der Waals surface area contributed by atoms with E-state index in [2.05, 4.69) is 20.4 Å². The van der Waals surface area contributed by atoms with Crippen LogP contribution in [-0.4, -0.2) is 67.2 Å². The van der Waals surface area contributed by atoms with E-state index in [9.17, 15) is 18.8 Å². The Morgan fingerprint density at radius 2 is 1.91 bits per heavy atom. The van der Waals surface area contributed by atoms with Gasteiger partial charge in [0.2, 0.25) is 11.8 Å². The van der Waals surface area contributed by atoms with Crippen molar-refractivity contribution in [1.82, 2.24) is 10.2 Å². The van der Waals surface area contributed by atoms with Crippen molar-refractivity contribution in [2.75, 3.05) is 36.4 Å². The summed E-state index contributed by atoms with van der Waals surface area (Å²) >= 11 is 0. The number of likely N-dealkylation sites (tertiary alicyclic amines) is 1. The van der Waals surface area contributed by atoms with Gasteiger partial charge in [0, 0.05) is 49.7 Å². The Bertz CT molecular complexity index is 950. The van der Waals surface area contributed by atoms with Crippen LogP contribution in [0.3, 0.4) is 0 Å². The number of carbonyl (C=O) groups excluding carboxylic acids is 3. The first-order chi connectivity index (χ1) is 15.8. The van der Waals surface area contributed by atoms with Gasteiger partial charge in [-0.1, -0.05) is 0 Å².